The van der Waals surface area contributed by atoms with Gasteiger partial charge in [-0.1, -0.05) is 6.07 Å². The molecular formula is C10H7KN6O. The van der Waals surface area contributed by atoms with E-state index >= 15 is 0 Å². The van der Waals surface area contributed by atoms with E-state index in [9.17, 15) is 4.79 Å². The number of aryl methyl sites for hydroxylation is 1. The molecule has 0 radical (unpaired) electrons. The molecule has 7 nitrogen and oxygen atoms in total. The van der Waals surface area contributed by atoms with Crippen LogP contribution in [0.25, 0.3) is 17.0 Å². The summed E-state index contributed by atoms with van der Waals surface area (Å²) in [6.45, 7) is 1.82. The molecule has 3 heterocycles. The van der Waals surface area contributed by atoms with Crippen LogP contribution in [0.2, 0.25) is 0 Å². The van der Waals surface area contributed by atoms with Crippen molar-refractivity contribution in [1.29, 1.82) is 0 Å². The molecule has 0 aliphatic heterocycles. The van der Waals surface area contributed by atoms with E-state index in [1.54, 1.807) is 12.3 Å². The Labute approximate surface area is 145 Å². The van der Waals surface area contributed by atoms with Gasteiger partial charge in [0, 0.05) is 18.2 Å². The molecule has 0 saturated heterocycles. The van der Waals surface area contributed by atoms with Crippen LogP contribution in [-0.4, -0.2) is 24.9 Å². The van der Waals surface area contributed by atoms with E-state index < -0.39 is 5.56 Å². The number of nitrogens with zero attached hydrogens (tertiary/aromatic N) is 6. The maximum atomic E-state index is 12.3. The number of fused-ring (bicyclic) bond motifs is 1. The average molecular weight is 267 g/mol. The third kappa shape index (κ3) is 2.17. The molecule has 0 aliphatic rings. The normalized spacial score (nSPS) is 11.1. The first-order chi connectivity index (χ1) is 8.68. The summed E-state index contributed by atoms with van der Waals surface area (Å²) in [5.41, 5.74) is 0.865. The third-order valence-corrected chi connectivity index (χ3v) is 2.41. The van der Waals surface area contributed by atoms with Crippen molar-refractivity contribution in [3.63, 3.8) is 0 Å². The average Bonchev–Trinajstić information content (AvgIpc) is 2.84. The largest absolute Gasteiger partial charge is 1.00 e. The Morgan fingerprint density at radius 2 is 2.33 bits per heavy atom. The van der Waals surface area contributed by atoms with Crippen molar-refractivity contribution in [1.82, 2.24) is 30.0 Å². The fourth-order valence-corrected chi connectivity index (χ4v) is 1.58. The molecule has 0 saturated carbocycles. The zero-order valence-electron chi connectivity index (χ0n) is 10.8. The summed E-state index contributed by atoms with van der Waals surface area (Å²) in [4.78, 5) is 16.4. The van der Waals surface area contributed by atoms with Crippen LogP contribution in [0.3, 0.4) is 0 Å². The monoisotopic (exact) mass is 267 g/mol. The van der Waals surface area contributed by atoms with Crippen molar-refractivity contribution in [2.45, 2.75) is 6.92 Å². The quantitative estimate of drug-likeness (QED) is 0.432. The zero-order valence-corrected chi connectivity index (χ0v) is 12.9. The molecule has 0 aromatic carbocycles. The van der Waals surface area contributed by atoms with Crippen LogP contribution in [0.1, 0.15) is 6.93 Å². The van der Waals surface area contributed by atoms with Crippen LogP contribution in [0.15, 0.2) is 29.3 Å². The van der Waals surface area contributed by atoms with E-state index in [4.69, 9.17) is 1.37 Å². The number of tetrazole rings is 1. The summed E-state index contributed by atoms with van der Waals surface area (Å²) in [6.07, 6.45) is 1.41. The van der Waals surface area contributed by atoms with Crippen molar-refractivity contribution in [3.8, 4) is 11.4 Å². The van der Waals surface area contributed by atoms with Gasteiger partial charge in [-0.2, -0.15) is 5.21 Å². The van der Waals surface area contributed by atoms with Gasteiger partial charge in [0.1, 0.15) is 5.65 Å². The van der Waals surface area contributed by atoms with Crippen molar-refractivity contribution < 1.29 is 52.8 Å². The molecular weight excluding hydrogens is 259 g/mol. The number of pyridine rings is 1. The Hall–Kier alpha value is -0.934. The molecule has 3 rings (SSSR count). The van der Waals surface area contributed by atoms with Gasteiger partial charge in [-0.25, -0.2) is 4.98 Å². The fraction of sp³-hybridized carbons (Fsp3) is 0.100. The van der Waals surface area contributed by atoms with E-state index in [1.165, 1.54) is 4.40 Å². The summed E-state index contributed by atoms with van der Waals surface area (Å²) in [7, 11) is 0. The van der Waals surface area contributed by atoms with E-state index in [2.05, 4.69) is 25.6 Å². The molecule has 18 heavy (non-hydrogen) atoms. The molecule has 0 atom stereocenters. The van der Waals surface area contributed by atoms with E-state index in [0.29, 0.717) is 5.65 Å². The minimum atomic E-state index is -0.400. The second-order valence-electron chi connectivity index (χ2n) is 3.49. The van der Waals surface area contributed by atoms with Crippen LogP contribution in [0.5, 0.6) is 0 Å². The third-order valence-electron chi connectivity index (χ3n) is 2.41. The predicted molar refractivity (Wildman–Crippen MR) is 58.3 cm³/mol. The molecule has 84 valence electrons. The van der Waals surface area contributed by atoms with Crippen LogP contribution in [0.4, 0.5) is 0 Å². The smallest absolute Gasteiger partial charge is 0.330 e. The molecule has 0 aliphatic carbocycles. The maximum absolute atomic E-state index is 12.3. The van der Waals surface area contributed by atoms with Crippen LogP contribution < -0.4 is 62.0 Å². The zero-order chi connectivity index (χ0) is 12.7. The Kier molecular flexibility index (Phi) is 3.61. The van der Waals surface area contributed by atoms with Crippen LogP contribution in [0, 0.1) is 6.92 Å². The van der Waals surface area contributed by atoms with Gasteiger partial charge in [0.2, 0.25) is 0 Å². The second-order valence-corrected chi connectivity index (χ2v) is 3.49. The number of hydrogen-bond acceptors (Lipinski definition) is 5. The van der Waals surface area contributed by atoms with Gasteiger partial charge >= 0.3 is 51.4 Å². The second kappa shape index (κ2) is 5.37. The molecule has 0 fully saturated rings. The van der Waals surface area contributed by atoms with Gasteiger partial charge in [0.15, 0.2) is 0 Å². The number of hydrogen-bond donors (Lipinski definition) is 0. The summed E-state index contributed by atoms with van der Waals surface area (Å²) in [5, 5.41) is 13.8. The van der Waals surface area contributed by atoms with Gasteiger partial charge < -0.3 is 5.10 Å². The first-order valence-electron chi connectivity index (χ1n) is 5.36. The predicted octanol–water partition coefficient (Wildman–Crippen LogP) is -3.18. The molecule has 0 spiro atoms. The van der Waals surface area contributed by atoms with Crippen molar-refractivity contribution in [2.24, 2.45) is 0 Å². The van der Waals surface area contributed by atoms with Gasteiger partial charge in [0.05, 0.1) is 6.93 Å². The molecule has 0 bridgehead atoms. The van der Waals surface area contributed by atoms with Crippen molar-refractivity contribution in [2.75, 3.05) is 0 Å². The van der Waals surface area contributed by atoms with Gasteiger partial charge in [-0.05, 0) is 18.6 Å². The molecule has 0 N–H and O–H groups in total. The van der Waals surface area contributed by atoms with Crippen molar-refractivity contribution in [3.05, 3.63) is 40.4 Å². The van der Waals surface area contributed by atoms with Gasteiger partial charge in [-0.15, -0.1) is 0 Å². The minimum absolute atomic E-state index is 0. The van der Waals surface area contributed by atoms with E-state index in [0.717, 1.165) is 5.56 Å². The van der Waals surface area contributed by atoms with Gasteiger partial charge in [-0.3, -0.25) is 19.5 Å². The molecule has 3 aromatic rings. The van der Waals surface area contributed by atoms with E-state index in [-0.39, 0.29) is 68.9 Å². The van der Waals surface area contributed by atoms with Crippen LogP contribution >= 0.6 is 0 Å². The minimum Gasteiger partial charge on any atom is -0.330 e. The Bertz CT molecular complexity index is 785. The topological polar surface area (TPSA) is 87.1 Å². The number of rotatable bonds is 1. The molecule has 3 aromatic heterocycles. The van der Waals surface area contributed by atoms with Crippen LogP contribution in [-0.2, 0) is 0 Å². The fourth-order valence-electron chi connectivity index (χ4n) is 1.58. The molecule has 0 unspecified atom stereocenters. The SMILES string of the molecule is [2H]c1nc2c(C)cccn2c(=O)c1-c1nnn[n-]1.[K+]. The Balaban J connectivity index is 0.00000133. The van der Waals surface area contributed by atoms with E-state index in [1.807, 2.05) is 13.0 Å². The maximum Gasteiger partial charge on any atom is 1.00 e. The first kappa shape index (κ1) is 12.1. The molecule has 8 heteroatoms. The summed E-state index contributed by atoms with van der Waals surface area (Å²) in [6, 6.07) is 3.56. The number of aromatic nitrogens is 6. The summed E-state index contributed by atoms with van der Waals surface area (Å²) in [5.74, 6) is 0.0217. The summed E-state index contributed by atoms with van der Waals surface area (Å²) >= 11 is 0. The summed E-state index contributed by atoms with van der Waals surface area (Å²) < 4.78 is 9.17. The first-order valence-corrected chi connectivity index (χ1v) is 4.86. The Morgan fingerprint density at radius 3 is 3.06 bits per heavy atom. The van der Waals surface area contributed by atoms with Gasteiger partial charge in [0.25, 0.3) is 5.56 Å². The standard InChI is InChI=1S/C10H7N6O.K/c1-6-3-2-4-16-9(6)11-5-7(10(16)17)8-12-14-15-13-8;/h2-5H,1H3;/q-1;+1/i5D;. The molecule has 0 amide bonds. The van der Waals surface area contributed by atoms with Crippen molar-refractivity contribution >= 4 is 5.65 Å². The Morgan fingerprint density at radius 1 is 1.50 bits per heavy atom.